The van der Waals surface area contributed by atoms with E-state index in [0.717, 1.165) is 24.8 Å². The first-order valence-corrected chi connectivity index (χ1v) is 6.02. The summed E-state index contributed by atoms with van der Waals surface area (Å²) in [5.74, 6) is 1.60. The zero-order chi connectivity index (χ0) is 10.6. The van der Waals surface area contributed by atoms with Crippen molar-refractivity contribution in [3.8, 4) is 0 Å². The highest BCUT2D eigenvalue weighted by atomic mass is 16.3. The second-order valence-corrected chi connectivity index (χ2v) is 5.00. The molecule has 0 spiro atoms. The van der Waals surface area contributed by atoms with Crippen LogP contribution in [0.2, 0.25) is 0 Å². The van der Waals surface area contributed by atoms with E-state index >= 15 is 0 Å². The van der Waals surface area contributed by atoms with E-state index in [4.69, 9.17) is 0 Å². The Bertz CT molecular complexity index is 148. The zero-order valence-corrected chi connectivity index (χ0v) is 9.79. The molecule has 3 atom stereocenters. The van der Waals surface area contributed by atoms with Crippen LogP contribution < -0.4 is 5.32 Å². The Labute approximate surface area is 88.1 Å². The van der Waals surface area contributed by atoms with Crippen molar-refractivity contribution < 1.29 is 5.11 Å². The van der Waals surface area contributed by atoms with Gasteiger partial charge in [0.05, 0.1) is 6.10 Å². The van der Waals surface area contributed by atoms with E-state index in [0.29, 0.717) is 6.04 Å². The van der Waals surface area contributed by atoms with Gasteiger partial charge in [-0.1, -0.05) is 20.3 Å². The van der Waals surface area contributed by atoms with Crippen LogP contribution in [0.5, 0.6) is 0 Å². The third-order valence-corrected chi connectivity index (χ3v) is 3.49. The maximum absolute atomic E-state index is 9.17. The molecule has 14 heavy (non-hydrogen) atoms. The van der Waals surface area contributed by atoms with E-state index in [1.165, 1.54) is 19.3 Å². The molecule has 0 radical (unpaired) electrons. The van der Waals surface area contributed by atoms with Crippen molar-refractivity contribution in [2.75, 3.05) is 6.54 Å². The molecule has 0 heterocycles. The molecule has 84 valence electrons. The van der Waals surface area contributed by atoms with Crippen molar-refractivity contribution in [3.63, 3.8) is 0 Å². The summed E-state index contributed by atoms with van der Waals surface area (Å²) < 4.78 is 0. The Morgan fingerprint density at radius 1 is 1.29 bits per heavy atom. The molecule has 0 unspecified atom stereocenters. The molecule has 2 N–H and O–H groups in total. The molecule has 0 aromatic carbocycles. The number of rotatable bonds is 4. The van der Waals surface area contributed by atoms with Crippen LogP contribution in [-0.2, 0) is 0 Å². The Morgan fingerprint density at radius 2 is 1.86 bits per heavy atom. The second-order valence-electron chi connectivity index (χ2n) is 5.00. The molecule has 0 bridgehead atoms. The van der Waals surface area contributed by atoms with Crippen molar-refractivity contribution in [1.29, 1.82) is 0 Å². The van der Waals surface area contributed by atoms with E-state index in [9.17, 15) is 5.11 Å². The van der Waals surface area contributed by atoms with E-state index in [1.54, 1.807) is 0 Å². The maximum atomic E-state index is 9.17. The fourth-order valence-corrected chi connectivity index (χ4v) is 2.54. The van der Waals surface area contributed by atoms with E-state index < -0.39 is 0 Å². The van der Waals surface area contributed by atoms with Gasteiger partial charge in [0.2, 0.25) is 0 Å². The van der Waals surface area contributed by atoms with Gasteiger partial charge in [-0.3, -0.25) is 0 Å². The number of aliphatic hydroxyl groups excluding tert-OH is 1. The van der Waals surface area contributed by atoms with Crippen molar-refractivity contribution in [3.05, 3.63) is 0 Å². The van der Waals surface area contributed by atoms with Gasteiger partial charge >= 0.3 is 0 Å². The summed E-state index contributed by atoms with van der Waals surface area (Å²) in [4.78, 5) is 0. The van der Waals surface area contributed by atoms with Gasteiger partial charge in [0.15, 0.2) is 0 Å². The molecular weight excluding hydrogens is 174 g/mol. The van der Waals surface area contributed by atoms with Gasteiger partial charge < -0.3 is 10.4 Å². The van der Waals surface area contributed by atoms with Crippen LogP contribution in [-0.4, -0.2) is 23.8 Å². The van der Waals surface area contributed by atoms with E-state index in [1.807, 2.05) is 6.92 Å². The van der Waals surface area contributed by atoms with Gasteiger partial charge in [-0.2, -0.15) is 0 Å². The molecule has 0 saturated heterocycles. The standard InChI is InChI=1S/C12H25NO/c1-9-5-4-6-10(2)12(9)13-8-7-11(3)14/h9-14H,4-8H2,1-3H3/t9-,10-,11+/m0/s1. The smallest absolute Gasteiger partial charge is 0.0524 e. The van der Waals surface area contributed by atoms with Gasteiger partial charge in [0.25, 0.3) is 0 Å². The molecule has 1 saturated carbocycles. The van der Waals surface area contributed by atoms with Crippen LogP contribution >= 0.6 is 0 Å². The van der Waals surface area contributed by atoms with E-state index in [-0.39, 0.29) is 6.10 Å². The highest BCUT2D eigenvalue weighted by molar-refractivity contribution is 4.83. The third-order valence-electron chi connectivity index (χ3n) is 3.49. The molecule has 1 aliphatic rings. The molecule has 1 rings (SSSR count). The summed E-state index contributed by atoms with van der Waals surface area (Å²) in [7, 11) is 0. The molecule has 1 fully saturated rings. The first-order valence-electron chi connectivity index (χ1n) is 6.02. The summed E-state index contributed by atoms with van der Waals surface area (Å²) in [5.41, 5.74) is 0. The average Bonchev–Trinajstić information content (AvgIpc) is 2.09. The van der Waals surface area contributed by atoms with Crippen molar-refractivity contribution in [2.45, 2.75) is 58.6 Å². The van der Waals surface area contributed by atoms with Crippen LogP contribution in [0.15, 0.2) is 0 Å². The van der Waals surface area contributed by atoms with E-state index in [2.05, 4.69) is 19.2 Å². The molecule has 2 heteroatoms. The minimum atomic E-state index is -0.170. The first kappa shape index (κ1) is 12.0. The SMILES string of the molecule is C[C@@H](O)CCNC1[C@@H](C)CCC[C@@H]1C. The summed E-state index contributed by atoms with van der Waals surface area (Å²) in [5, 5.41) is 12.8. The van der Waals surface area contributed by atoms with Crippen molar-refractivity contribution in [2.24, 2.45) is 11.8 Å². The van der Waals surface area contributed by atoms with Gasteiger partial charge in [-0.25, -0.2) is 0 Å². The predicted octanol–water partition coefficient (Wildman–Crippen LogP) is 2.17. The molecule has 0 aliphatic heterocycles. The molecule has 0 amide bonds. The van der Waals surface area contributed by atoms with Crippen molar-refractivity contribution in [1.82, 2.24) is 5.32 Å². The van der Waals surface area contributed by atoms with Gasteiger partial charge in [0.1, 0.15) is 0 Å². The third kappa shape index (κ3) is 3.58. The normalized spacial score (nSPS) is 31.7. The number of nitrogens with one attached hydrogen (secondary N) is 1. The molecule has 2 nitrogen and oxygen atoms in total. The van der Waals surface area contributed by atoms with Gasteiger partial charge in [-0.15, -0.1) is 0 Å². The highest BCUT2D eigenvalue weighted by Crippen LogP contribution is 2.28. The lowest BCUT2D eigenvalue weighted by molar-refractivity contribution is 0.166. The Morgan fingerprint density at radius 3 is 2.36 bits per heavy atom. The fourth-order valence-electron chi connectivity index (χ4n) is 2.54. The lowest BCUT2D eigenvalue weighted by Gasteiger charge is -2.35. The molecular formula is C12H25NO. The monoisotopic (exact) mass is 199 g/mol. The van der Waals surface area contributed by atoms with Crippen LogP contribution in [0, 0.1) is 11.8 Å². The highest BCUT2D eigenvalue weighted by Gasteiger charge is 2.26. The summed E-state index contributed by atoms with van der Waals surface area (Å²) in [6.07, 6.45) is 4.80. The molecule has 1 aliphatic carbocycles. The Hall–Kier alpha value is -0.0800. The Kier molecular flexibility index (Phi) is 4.90. The number of hydrogen-bond acceptors (Lipinski definition) is 2. The first-order chi connectivity index (χ1) is 6.61. The van der Waals surface area contributed by atoms with Crippen LogP contribution in [0.3, 0.4) is 0 Å². The number of aliphatic hydroxyl groups is 1. The quantitative estimate of drug-likeness (QED) is 0.727. The minimum absolute atomic E-state index is 0.170. The summed E-state index contributed by atoms with van der Waals surface area (Å²) in [6.45, 7) is 7.50. The van der Waals surface area contributed by atoms with Crippen LogP contribution in [0.4, 0.5) is 0 Å². The van der Waals surface area contributed by atoms with Crippen LogP contribution in [0.25, 0.3) is 0 Å². The molecule has 0 aromatic heterocycles. The lowest BCUT2D eigenvalue weighted by atomic mass is 9.79. The fraction of sp³-hybridized carbons (Fsp3) is 1.00. The Balaban J connectivity index is 2.26. The predicted molar refractivity (Wildman–Crippen MR) is 60.3 cm³/mol. The summed E-state index contributed by atoms with van der Waals surface area (Å²) in [6, 6.07) is 0.669. The number of hydrogen-bond donors (Lipinski definition) is 2. The largest absolute Gasteiger partial charge is 0.393 e. The second kappa shape index (κ2) is 5.72. The van der Waals surface area contributed by atoms with Crippen molar-refractivity contribution >= 4 is 0 Å². The molecule has 0 aromatic rings. The summed E-state index contributed by atoms with van der Waals surface area (Å²) >= 11 is 0. The van der Waals surface area contributed by atoms with Gasteiger partial charge in [0, 0.05) is 6.04 Å². The lowest BCUT2D eigenvalue weighted by Crippen LogP contribution is -2.43. The topological polar surface area (TPSA) is 32.3 Å². The van der Waals surface area contributed by atoms with Gasteiger partial charge in [-0.05, 0) is 44.6 Å². The average molecular weight is 199 g/mol. The maximum Gasteiger partial charge on any atom is 0.0524 e. The van der Waals surface area contributed by atoms with Crippen LogP contribution in [0.1, 0.15) is 46.5 Å². The minimum Gasteiger partial charge on any atom is -0.393 e. The zero-order valence-electron chi connectivity index (χ0n) is 9.79.